The Morgan fingerprint density at radius 2 is 2.13 bits per heavy atom. The summed E-state index contributed by atoms with van der Waals surface area (Å²) in [7, 11) is 0. The van der Waals surface area contributed by atoms with Crippen LogP contribution in [0.25, 0.3) is 16.0 Å². The lowest BCUT2D eigenvalue weighted by Gasteiger charge is -2.13. The predicted molar refractivity (Wildman–Crippen MR) is 122 cm³/mol. The van der Waals surface area contributed by atoms with Crippen molar-refractivity contribution in [3.63, 3.8) is 0 Å². The van der Waals surface area contributed by atoms with Crippen LogP contribution in [0.4, 0.5) is 5.69 Å². The maximum Gasteiger partial charge on any atom is 0.272 e. The standard InChI is InChI=1S/C20H18ClN5O3S2/c21-12-3-5-13(6-4-12)22-16(27)11-31-20-24-23-19-25(10-14-2-1-8-29-14)18(28)17-15(26(19)20)7-9-30-17/h3-7,9,14H,1-2,8,10-11H2,(H,22,27)/t14-/m0/s1. The van der Waals surface area contributed by atoms with Crippen LogP contribution in [0.1, 0.15) is 12.8 Å². The zero-order chi connectivity index (χ0) is 21.4. The van der Waals surface area contributed by atoms with Crippen molar-refractivity contribution in [3.8, 4) is 0 Å². The Hall–Kier alpha value is -2.40. The monoisotopic (exact) mass is 475 g/mol. The van der Waals surface area contributed by atoms with Crippen molar-refractivity contribution in [1.82, 2.24) is 19.2 Å². The van der Waals surface area contributed by atoms with Gasteiger partial charge in [-0.25, -0.2) is 0 Å². The molecule has 1 amide bonds. The highest BCUT2D eigenvalue weighted by Crippen LogP contribution is 2.25. The number of nitrogens with zero attached hydrogens (tertiary/aromatic N) is 4. The Labute approximate surface area is 190 Å². The fourth-order valence-electron chi connectivity index (χ4n) is 3.61. The first-order chi connectivity index (χ1) is 15.1. The number of fused-ring (bicyclic) bond motifs is 3. The lowest BCUT2D eigenvalue weighted by atomic mass is 10.2. The van der Waals surface area contributed by atoms with Gasteiger partial charge in [0.2, 0.25) is 11.7 Å². The van der Waals surface area contributed by atoms with Crippen molar-refractivity contribution in [3.05, 3.63) is 51.1 Å². The van der Waals surface area contributed by atoms with E-state index in [1.165, 1.54) is 23.1 Å². The molecule has 0 spiro atoms. The Bertz CT molecular complexity index is 1310. The number of halogens is 1. The van der Waals surface area contributed by atoms with Crippen LogP contribution >= 0.6 is 34.7 Å². The Morgan fingerprint density at radius 3 is 2.90 bits per heavy atom. The van der Waals surface area contributed by atoms with E-state index in [1.54, 1.807) is 28.8 Å². The van der Waals surface area contributed by atoms with E-state index >= 15 is 0 Å². The number of hydrogen-bond donors (Lipinski definition) is 1. The van der Waals surface area contributed by atoms with Crippen LogP contribution in [0.15, 0.2) is 45.7 Å². The quantitative estimate of drug-likeness (QED) is 0.428. The van der Waals surface area contributed by atoms with Crippen LogP contribution in [0.2, 0.25) is 5.02 Å². The molecule has 1 aliphatic heterocycles. The molecule has 4 aromatic rings. The molecule has 160 valence electrons. The minimum Gasteiger partial charge on any atom is -0.376 e. The summed E-state index contributed by atoms with van der Waals surface area (Å²) in [5, 5.41) is 14.4. The van der Waals surface area contributed by atoms with Crippen molar-refractivity contribution >= 4 is 62.3 Å². The number of ether oxygens (including phenoxy) is 1. The van der Waals surface area contributed by atoms with Crippen molar-refractivity contribution in [1.29, 1.82) is 0 Å². The summed E-state index contributed by atoms with van der Waals surface area (Å²) in [6.07, 6.45) is 1.91. The summed E-state index contributed by atoms with van der Waals surface area (Å²) in [5.41, 5.74) is 1.34. The lowest BCUT2D eigenvalue weighted by Crippen LogP contribution is -2.28. The number of anilines is 1. The second kappa shape index (κ2) is 8.62. The van der Waals surface area contributed by atoms with Crippen LogP contribution in [0.5, 0.6) is 0 Å². The van der Waals surface area contributed by atoms with Gasteiger partial charge < -0.3 is 10.1 Å². The molecule has 1 aromatic carbocycles. The summed E-state index contributed by atoms with van der Waals surface area (Å²) in [6, 6.07) is 8.81. The summed E-state index contributed by atoms with van der Waals surface area (Å²) in [6.45, 7) is 1.16. The molecule has 3 aromatic heterocycles. The van der Waals surface area contributed by atoms with Gasteiger partial charge in [-0.15, -0.1) is 21.5 Å². The highest BCUT2D eigenvalue weighted by molar-refractivity contribution is 7.99. The molecule has 0 aliphatic carbocycles. The Kier molecular flexibility index (Phi) is 5.70. The van der Waals surface area contributed by atoms with E-state index < -0.39 is 0 Å². The first-order valence-electron chi connectivity index (χ1n) is 9.75. The summed E-state index contributed by atoms with van der Waals surface area (Å²) >= 11 is 8.54. The van der Waals surface area contributed by atoms with Crippen LogP contribution in [0.3, 0.4) is 0 Å². The van der Waals surface area contributed by atoms with Crippen LogP contribution < -0.4 is 10.9 Å². The van der Waals surface area contributed by atoms with Gasteiger partial charge in [-0.1, -0.05) is 23.4 Å². The minimum atomic E-state index is -0.168. The normalized spacial score (nSPS) is 16.4. The van der Waals surface area contributed by atoms with E-state index in [-0.39, 0.29) is 23.3 Å². The van der Waals surface area contributed by atoms with Gasteiger partial charge in [0.25, 0.3) is 5.56 Å². The van der Waals surface area contributed by atoms with Gasteiger partial charge in [0.15, 0.2) is 5.16 Å². The number of carbonyl (C=O) groups is 1. The van der Waals surface area contributed by atoms with Gasteiger partial charge in [0, 0.05) is 17.3 Å². The molecule has 1 N–H and O–H groups in total. The number of thiophene rings is 1. The number of hydrogen-bond acceptors (Lipinski definition) is 7. The molecule has 31 heavy (non-hydrogen) atoms. The molecular formula is C20H18ClN5O3S2. The molecular weight excluding hydrogens is 458 g/mol. The van der Waals surface area contributed by atoms with Gasteiger partial charge in [-0.05, 0) is 48.6 Å². The van der Waals surface area contributed by atoms with Crippen LogP contribution in [-0.4, -0.2) is 43.5 Å². The third kappa shape index (κ3) is 4.08. The fourth-order valence-corrected chi connectivity index (χ4v) is 5.30. The molecule has 4 heterocycles. The van der Waals surface area contributed by atoms with Crippen molar-refractivity contribution < 1.29 is 9.53 Å². The first-order valence-corrected chi connectivity index (χ1v) is 12.0. The zero-order valence-corrected chi connectivity index (χ0v) is 18.7. The van der Waals surface area contributed by atoms with E-state index in [0.717, 1.165) is 18.4 Å². The molecule has 0 bridgehead atoms. The number of rotatable bonds is 6. The average Bonchev–Trinajstić information content (AvgIpc) is 3.51. The van der Waals surface area contributed by atoms with E-state index in [2.05, 4.69) is 15.5 Å². The molecule has 0 radical (unpaired) electrons. The average molecular weight is 476 g/mol. The Balaban J connectivity index is 1.43. The maximum atomic E-state index is 13.1. The van der Waals surface area contributed by atoms with E-state index in [4.69, 9.17) is 16.3 Å². The highest BCUT2D eigenvalue weighted by atomic mass is 35.5. The number of benzene rings is 1. The second-order valence-corrected chi connectivity index (χ2v) is 9.44. The van der Waals surface area contributed by atoms with Crippen LogP contribution in [-0.2, 0) is 16.1 Å². The second-order valence-electron chi connectivity index (χ2n) is 7.15. The van der Waals surface area contributed by atoms with E-state index in [9.17, 15) is 9.59 Å². The summed E-state index contributed by atoms with van der Waals surface area (Å²) in [5.74, 6) is 0.449. The van der Waals surface area contributed by atoms with Gasteiger partial charge in [0.05, 0.1) is 23.9 Å². The number of amides is 1. The highest BCUT2D eigenvalue weighted by Gasteiger charge is 2.22. The van der Waals surface area contributed by atoms with Gasteiger partial charge in [-0.3, -0.25) is 18.6 Å². The number of carbonyl (C=O) groups excluding carboxylic acids is 1. The third-order valence-corrected chi connectivity index (χ3v) is 7.13. The molecule has 1 atom stereocenters. The van der Waals surface area contributed by atoms with Gasteiger partial charge >= 0.3 is 0 Å². The van der Waals surface area contributed by atoms with Gasteiger partial charge in [0.1, 0.15) is 4.70 Å². The molecule has 5 rings (SSSR count). The third-order valence-electron chi connectivity index (χ3n) is 5.05. The molecule has 11 heteroatoms. The lowest BCUT2D eigenvalue weighted by molar-refractivity contribution is -0.113. The molecule has 0 saturated carbocycles. The maximum absolute atomic E-state index is 13.1. The molecule has 1 fully saturated rings. The fraction of sp³-hybridized carbons (Fsp3) is 0.300. The largest absolute Gasteiger partial charge is 0.376 e. The summed E-state index contributed by atoms with van der Waals surface area (Å²) < 4.78 is 9.85. The van der Waals surface area contributed by atoms with Crippen molar-refractivity contribution in [2.45, 2.75) is 30.6 Å². The Morgan fingerprint density at radius 1 is 1.29 bits per heavy atom. The summed E-state index contributed by atoms with van der Waals surface area (Å²) in [4.78, 5) is 25.5. The van der Waals surface area contributed by atoms with E-state index in [0.29, 0.717) is 39.5 Å². The SMILES string of the molecule is O=C(CSc1nnc2n(C[C@@H]3CCCO3)c(=O)c3sccc3n12)Nc1ccc(Cl)cc1. The number of thioether (sulfide) groups is 1. The molecule has 1 saturated heterocycles. The first kappa shape index (κ1) is 20.5. The molecule has 8 nitrogen and oxygen atoms in total. The van der Waals surface area contributed by atoms with Gasteiger partial charge in [-0.2, -0.15) is 0 Å². The number of nitrogens with one attached hydrogen (secondary N) is 1. The van der Waals surface area contributed by atoms with E-state index in [1.807, 2.05) is 15.8 Å². The van der Waals surface area contributed by atoms with Crippen LogP contribution in [0, 0.1) is 0 Å². The minimum absolute atomic E-state index is 0.00290. The van der Waals surface area contributed by atoms with Crippen molar-refractivity contribution in [2.24, 2.45) is 0 Å². The zero-order valence-electron chi connectivity index (χ0n) is 16.3. The predicted octanol–water partition coefficient (Wildman–Crippen LogP) is 3.67. The molecule has 1 aliphatic rings. The number of aromatic nitrogens is 4. The van der Waals surface area contributed by atoms with Crippen molar-refractivity contribution in [2.75, 3.05) is 17.7 Å². The topological polar surface area (TPSA) is 90.5 Å². The molecule has 0 unspecified atom stereocenters. The smallest absolute Gasteiger partial charge is 0.272 e.